The number of anilines is 1. The van der Waals surface area contributed by atoms with Crippen molar-refractivity contribution in [2.45, 2.75) is 32.6 Å². The number of hydrogen-bond acceptors (Lipinski definition) is 6. The van der Waals surface area contributed by atoms with Gasteiger partial charge in [0, 0.05) is 39.6 Å². The maximum atomic E-state index is 12.6. The van der Waals surface area contributed by atoms with Crippen molar-refractivity contribution in [1.29, 1.82) is 0 Å². The van der Waals surface area contributed by atoms with Crippen molar-refractivity contribution in [2.75, 3.05) is 44.2 Å². The monoisotopic (exact) mass is 371 g/mol. The van der Waals surface area contributed by atoms with Gasteiger partial charge < -0.3 is 15.1 Å². The van der Waals surface area contributed by atoms with Crippen LogP contribution < -0.4 is 10.2 Å². The van der Waals surface area contributed by atoms with Gasteiger partial charge in [-0.2, -0.15) is 5.10 Å². The van der Waals surface area contributed by atoms with Gasteiger partial charge in [-0.15, -0.1) is 0 Å². The Kier molecular flexibility index (Phi) is 5.24. The summed E-state index contributed by atoms with van der Waals surface area (Å²) in [5.74, 6) is 2.70. The fourth-order valence-corrected chi connectivity index (χ4v) is 4.18. The van der Waals surface area contributed by atoms with Gasteiger partial charge in [0.2, 0.25) is 5.91 Å². The molecule has 8 heteroatoms. The predicted molar refractivity (Wildman–Crippen MR) is 105 cm³/mol. The number of piperidine rings is 1. The van der Waals surface area contributed by atoms with Crippen LogP contribution in [0.5, 0.6) is 0 Å². The second-order valence-corrected chi connectivity index (χ2v) is 7.70. The Morgan fingerprint density at radius 2 is 1.93 bits per heavy atom. The molecule has 2 saturated heterocycles. The van der Waals surface area contributed by atoms with E-state index in [9.17, 15) is 4.79 Å². The van der Waals surface area contributed by atoms with Crippen molar-refractivity contribution in [2.24, 2.45) is 13.0 Å². The number of aromatic nitrogens is 4. The van der Waals surface area contributed by atoms with Crippen LogP contribution in [0.1, 0.15) is 31.5 Å². The van der Waals surface area contributed by atoms with E-state index >= 15 is 0 Å². The normalized spacial score (nSPS) is 19.0. The summed E-state index contributed by atoms with van der Waals surface area (Å²) in [7, 11) is 1.90. The number of carbonyl (C=O) groups is 1. The van der Waals surface area contributed by atoms with Crippen LogP contribution in [-0.2, 0) is 11.8 Å². The van der Waals surface area contributed by atoms with Crippen molar-refractivity contribution < 1.29 is 4.79 Å². The highest BCUT2D eigenvalue weighted by Crippen LogP contribution is 2.25. The molecule has 0 aromatic carbocycles. The second kappa shape index (κ2) is 7.80. The molecule has 1 amide bonds. The molecular formula is C19H29N7O. The molecule has 27 heavy (non-hydrogen) atoms. The SMILES string of the molecule is Cc1nc(N2CCN(C(=O)CCC3CCNCC3)CC2)c2cnn(C)c2n1. The molecule has 4 heterocycles. The van der Waals surface area contributed by atoms with Crippen LogP contribution in [-0.4, -0.2) is 69.8 Å². The molecule has 146 valence electrons. The predicted octanol–water partition coefficient (Wildman–Crippen LogP) is 1.10. The molecule has 2 aliphatic rings. The van der Waals surface area contributed by atoms with Crippen molar-refractivity contribution >= 4 is 22.8 Å². The van der Waals surface area contributed by atoms with E-state index in [1.54, 1.807) is 4.68 Å². The molecule has 0 bridgehead atoms. The molecule has 2 aromatic rings. The molecule has 0 saturated carbocycles. The molecular weight excluding hydrogens is 342 g/mol. The van der Waals surface area contributed by atoms with Gasteiger partial charge in [-0.1, -0.05) is 0 Å². The number of piperazine rings is 1. The first kappa shape index (κ1) is 18.2. The first-order chi connectivity index (χ1) is 13.1. The van der Waals surface area contributed by atoms with E-state index in [2.05, 4.69) is 25.3 Å². The zero-order valence-corrected chi connectivity index (χ0v) is 16.3. The lowest BCUT2D eigenvalue weighted by Crippen LogP contribution is -2.49. The van der Waals surface area contributed by atoms with Gasteiger partial charge in [0.1, 0.15) is 11.6 Å². The number of hydrogen-bond donors (Lipinski definition) is 1. The van der Waals surface area contributed by atoms with Crippen molar-refractivity contribution in [3.05, 3.63) is 12.0 Å². The van der Waals surface area contributed by atoms with E-state index in [0.29, 0.717) is 18.2 Å². The first-order valence-electron chi connectivity index (χ1n) is 10.0. The van der Waals surface area contributed by atoms with Crippen molar-refractivity contribution in [3.63, 3.8) is 0 Å². The molecule has 2 fully saturated rings. The average molecular weight is 371 g/mol. The standard InChI is InChI=1S/C19H29N7O/c1-14-22-18-16(13-21-24(18)2)19(23-14)26-11-9-25(10-12-26)17(27)4-3-15-5-7-20-8-6-15/h13,15,20H,3-12H2,1-2H3. The minimum Gasteiger partial charge on any atom is -0.352 e. The number of nitrogens with one attached hydrogen (secondary N) is 1. The third-order valence-corrected chi connectivity index (χ3v) is 5.84. The molecule has 8 nitrogen and oxygen atoms in total. The summed E-state index contributed by atoms with van der Waals surface area (Å²) < 4.78 is 1.79. The van der Waals surface area contributed by atoms with Gasteiger partial charge in [0.15, 0.2) is 5.65 Å². The van der Waals surface area contributed by atoms with Gasteiger partial charge in [0.05, 0.1) is 11.6 Å². The number of amides is 1. The summed E-state index contributed by atoms with van der Waals surface area (Å²) in [6.45, 7) is 7.23. The zero-order valence-electron chi connectivity index (χ0n) is 16.3. The summed E-state index contributed by atoms with van der Waals surface area (Å²) >= 11 is 0. The summed E-state index contributed by atoms with van der Waals surface area (Å²) in [6.07, 6.45) is 5.96. The van der Waals surface area contributed by atoms with E-state index in [-0.39, 0.29) is 0 Å². The smallest absolute Gasteiger partial charge is 0.222 e. The summed E-state index contributed by atoms with van der Waals surface area (Å²) in [5.41, 5.74) is 0.859. The average Bonchev–Trinajstić information content (AvgIpc) is 3.07. The Balaban J connectivity index is 1.35. The largest absolute Gasteiger partial charge is 0.352 e. The van der Waals surface area contributed by atoms with E-state index in [4.69, 9.17) is 0 Å². The van der Waals surface area contributed by atoms with Gasteiger partial charge in [0.25, 0.3) is 0 Å². The Morgan fingerprint density at radius 3 is 2.67 bits per heavy atom. The maximum absolute atomic E-state index is 12.6. The quantitative estimate of drug-likeness (QED) is 0.867. The Bertz CT molecular complexity index is 804. The Hall–Kier alpha value is -2.22. The lowest BCUT2D eigenvalue weighted by Gasteiger charge is -2.36. The molecule has 2 aromatic heterocycles. The van der Waals surface area contributed by atoms with Crippen LogP contribution in [0.2, 0.25) is 0 Å². The van der Waals surface area contributed by atoms with Crippen molar-refractivity contribution in [1.82, 2.24) is 30.0 Å². The Morgan fingerprint density at radius 1 is 1.19 bits per heavy atom. The van der Waals surface area contributed by atoms with Crippen molar-refractivity contribution in [3.8, 4) is 0 Å². The molecule has 1 N–H and O–H groups in total. The van der Waals surface area contributed by atoms with Gasteiger partial charge in [-0.25, -0.2) is 9.97 Å². The fourth-order valence-electron chi connectivity index (χ4n) is 4.18. The van der Waals surface area contributed by atoms with Gasteiger partial charge >= 0.3 is 0 Å². The number of aryl methyl sites for hydroxylation is 2. The van der Waals surface area contributed by atoms with Crippen LogP contribution in [0, 0.1) is 12.8 Å². The second-order valence-electron chi connectivity index (χ2n) is 7.70. The lowest BCUT2D eigenvalue weighted by atomic mass is 9.93. The molecule has 0 unspecified atom stereocenters. The highest BCUT2D eigenvalue weighted by molar-refractivity contribution is 5.87. The van der Waals surface area contributed by atoms with E-state index < -0.39 is 0 Å². The molecule has 2 aliphatic heterocycles. The highest BCUT2D eigenvalue weighted by Gasteiger charge is 2.25. The van der Waals surface area contributed by atoms with Gasteiger partial charge in [-0.05, 0) is 45.2 Å². The van der Waals surface area contributed by atoms with Crippen LogP contribution >= 0.6 is 0 Å². The zero-order chi connectivity index (χ0) is 18.8. The van der Waals surface area contributed by atoms with E-state index in [1.807, 2.05) is 25.1 Å². The third kappa shape index (κ3) is 3.90. The topological polar surface area (TPSA) is 79.2 Å². The number of rotatable bonds is 4. The summed E-state index contributed by atoms with van der Waals surface area (Å²) in [4.78, 5) is 26.0. The number of carbonyl (C=O) groups excluding carboxylic acids is 1. The lowest BCUT2D eigenvalue weighted by molar-refractivity contribution is -0.131. The van der Waals surface area contributed by atoms with E-state index in [1.165, 1.54) is 12.8 Å². The van der Waals surface area contributed by atoms with Crippen LogP contribution in [0.15, 0.2) is 6.20 Å². The van der Waals surface area contributed by atoms with E-state index in [0.717, 1.165) is 68.4 Å². The molecule has 0 radical (unpaired) electrons. The third-order valence-electron chi connectivity index (χ3n) is 5.84. The number of fused-ring (bicyclic) bond motifs is 1. The first-order valence-corrected chi connectivity index (χ1v) is 10.0. The van der Waals surface area contributed by atoms with Crippen LogP contribution in [0.4, 0.5) is 5.82 Å². The highest BCUT2D eigenvalue weighted by atomic mass is 16.2. The fraction of sp³-hybridized carbons (Fsp3) is 0.684. The maximum Gasteiger partial charge on any atom is 0.222 e. The Labute approximate surface area is 159 Å². The van der Waals surface area contributed by atoms with Crippen LogP contribution in [0.25, 0.3) is 11.0 Å². The summed E-state index contributed by atoms with van der Waals surface area (Å²) in [5, 5.41) is 8.69. The molecule has 4 rings (SSSR count). The van der Waals surface area contributed by atoms with Crippen LogP contribution in [0.3, 0.4) is 0 Å². The van der Waals surface area contributed by atoms with Gasteiger partial charge in [-0.3, -0.25) is 9.48 Å². The molecule has 0 aliphatic carbocycles. The minimum atomic E-state index is 0.304. The molecule has 0 spiro atoms. The summed E-state index contributed by atoms with van der Waals surface area (Å²) in [6, 6.07) is 0. The number of nitrogens with zero attached hydrogens (tertiary/aromatic N) is 6. The minimum absolute atomic E-state index is 0.304. The molecule has 0 atom stereocenters.